The fourth-order valence-corrected chi connectivity index (χ4v) is 3.20. The van der Waals surface area contributed by atoms with E-state index in [0.717, 1.165) is 4.90 Å². The van der Waals surface area contributed by atoms with Crippen LogP contribution in [-0.4, -0.2) is 35.3 Å². The average molecular weight is 375 g/mol. The second-order valence-electron chi connectivity index (χ2n) is 6.64. The van der Waals surface area contributed by atoms with Gasteiger partial charge in [-0.2, -0.15) is 0 Å². The van der Waals surface area contributed by atoms with Gasteiger partial charge in [0.15, 0.2) is 0 Å². The lowest BCUT2D eigenvalue weighted by Crippen LogP contribution is -2.49. The third-order valence-electron chi connectivity index (χ3n) is 4.45. The molecule has 0 saturated carbocycles. The number of esters is 1. The Kier molecular flexibility index (Phi) is 6.49. The number of likely N-dealkylation sites (tertiary alicyclic amines) is 1. The summed E-state index contributed by atoms with van der Waals surface area (Å²) in [7, 11) is 0. The Morgan fingerprint density at radius 3 is 2.52 bits per heavy atom. The molecule has 1 aromatic rings. The number of rotatable bonds is 8. The highest BCUT2D eigenvalue weighted by Gasteiger charge is 2.46. The summed E-state index contributed by atoms with van der Waals surface area (Å²) in [4.78, 5) is 60.1. The molecule has 0 spiro atoms. The van der Waals surface area contributed by atoms with E-state index in [-0.39, 0.29) is 36.7 Å². The molecule has 1 saturated heterocycles. The summed E-state index contributed by atoms with van der Waals surface area (Å²) in [6.07, 6.45) is 0.0162. The van der Waals surface area contributed by atoms with Gasteiger partial charge >= 0.3 is 5.97 Å². The summed E-state index contributed by atoms with van der Waals surface area (Å²) in [5.74, 6) is -2.58. The number of hydrogen-bond donors (Lipinski definition) is 0. The van der Waals surface area contributed by atoms with E-state index in [1.54, 1.807) is 20.8 Å². The van der Waals surface area contributed by atoms with Gasteiger partial charge in [0.05, 0.1) is 12.5 Å². The predicted molar refractivity (Wildman–Crippen MR) is 96.3 cm³/mol. The Bertz CT molecular complexity index is 776. The average Bonchev–Trinajstić information content (AvgIpc) is 2.90. The highest BCUT2D eigenvalue weighted by molar-refractivity contribution is 6.06. The molecule has 2 amide bonds. The van der Waals surface area contributed by atoms with Crippen LogP contribution in [0.25, 0.3) is 0 Å². The summed E-state index contributed by atoms with van der Waals surface area (Å²) in [5.41, 5.74) is 0.477. The Morgan fingerprint density at radius 1 is 1.26 bits per heavy atom. The topological polar surface area (TPSA) is 123 Å². The van der Waals surface area contributed by atoms with Crippen LogP contribution >= 0.6 is 0 Å². The number of hydrogen-bond acceptors (Lipinski definition) is 8. The normalized spacial score (nSPS) is 17.9. The minimum atomic E-state index is -0.986. The number of carbonyl (C=O) groups excluding carboxylic acids is 3. The zero-order valence-corrected chi connectivity index (χ0v) is 15.4. The van der Waals surface area contributed by atoms with Crippen LogP contribution < -0.4 is 0 Å². The summed E-state index contributed by atoms with van der Waals surface area (Å²) in [6.45, 7) is 5.26. The Balaban J connectivity index is 2.26. The van der Waals surface area contributed by atoms with Crippen molar-refractivity contribution in [3.05, 3.63) is 33.6 Å². The molecule has 2 atom stereocenters. The first kappa shape index (κ1) is 20.3. The van der Waals surface area contributed by atoms with Gasteiger partial charge < -0.3 is 4.74 Å². The number of benzene rings is 1. The van der Waals surface area contributed by atoms with E-state index < -0.39 is 29.7 Å². The van der Waals surface area contributed by atoms with Gasteiger partial charge in [-0.15, -0.1) is 9.81 Å². The molecule has 0 aromatic heterocycles. The van der Waals surface area contributed by atoms with Crippen molar-refractivity contribution < 1.29 is 19.1 Å². The fourth-order valence-electron chi connectivity index (χ4n) is 3.20. The number of nitrogens with zero attached hydrogens (tertiary/aromatic N) is 3. The molecule has 9 heteroatoms. The van der Waals surface area contributed by atoms with Crippen molar-refractivity contribution in [2.24, 2.45) is 22.2 Å². The maximum atomic E-state index is 12.8. The minimum Gasteiger partial charge on any atom is -0.464 e. The lowest BCUT2D eigenvalue weighted by Gasteiger charge is -2.27. The molecule has 0 bridgehead atoms. The zero-order chi connectivity index (χ0) is 20.1. The predicted octanol–water partition coefficient (Wildman–Crippen LogP) is 2.99. The summed E-state index contributed by atoms with van der Waals surface area (Å²) < 4.78 is 5.01. The van der Waals surface area contributed by atoms with Gasteiger partial charge in [-0.3, -0.25) is 14.5 Å². The molecule has 9 nitrogen and oxygen atoms in total. The molecular weight excluding hydrogens is 354 g/mol. The number of carbonyl (C=O) groups is 3. The maximum absolute atomic E-state index is 12.8. The summed E-state index contributed by atoms with van der Waals surface area (Å²) in [5, 5.41) is 5.61. The molecule has 144 valence electrons. The number of imide groups is 1. The smallest absolute Gasteiger partial charge is 0.329 e. The van der Waals surface area contributed by atoms with Crippen molar-refractivity contribution in [1.82, 2.24) is 4.90 Å². The molecule has 1 aliphatic rings. The third-order valence-corrected chi connectivity index (χ3v) is 4.45. The van der Waals surface area contributed by atoms with Crippen LogP contribution in [0.5, 0.6) is 0 Å². The number of amides is 2. The number of ether oxygens (including phenoxy) is 1. The third kappa shape index (κ3) is 4.24. The highest BCUT2D eigenvalue weighted by atomic mass is 16.5. The second-order valence-corrected chi connectivity index (χ2v) is 6.64. The maximum Gasteiger partial charge on any atom is 0.329 e. The molecular formula is C18H21N3O6. The van der Waals surface area contributed by atoms with Gasteiger partial charge in [-0.1, -0.05) is 19.9 Å². The molecule has 1 aromatic carbocycles. The lowest BCUT2D eigenvalue weighted by molar-refractivity contribution is -0.160. The fraction of sp³-hybridized carbons (Fsp3) is 0.500. The Hall–Kier alpha value is -2.97. The van der Waals surface area contributed by atoms with Gasteiger partial charge in [0, 0.05) is 6.42 Å². The quantitative estimate of drug-likeness (QED) is 0.391. The summed E-state index contributed by atoms with van der Waals surface area (Å²) in [6, 6.07) is 3.13. The van der Waals surface area contributed by atoms with Crippen molar-refractivity contribution in [3.8, 4) is 0 Å². The van der Waals surface area contributed by atoms with Crippen LogP contribution in [-0.2, 0) is 25.5 Å². The van der Waals surface area contributed by atoms with Gasteiger partial charge in [-0.05, 0) is 47.3 Å². The van der Waals surface area contributed by atoms with Crippen LogP contribution in [0.3, 0.4) is 0 Å². The van der Waals surface area contributed by atoms with Crippen LogP contribution in [0.4, 0.5) is 11.4 Å². The molecule has 0 radical (unpaired) electrons. The molecule has 27 heavy (non-hydrogen) atoms. The highest BCUT2D eigenvalue weighted by Crippen LogP contribution is 2.32. The van der Waals surface area contributed by atoms with E-state index in [2.05, 4.69) is 10.4 Å². The van der Waals surface area contributed by atoms with E-state index in [0.29, 0.717) is 5.56 Å². The first-order valence-corrected chi connectivity index (χ1v) is 8.66. The SMILES string of the molecule is CCOC(=O)C(C(C)C)N1C(=O)CC(Cc2ccc(N=O)cc2N=O)C1=O. The zero-order valence-electron chi connectivity index (χ0n) is 15.4. The van der Waals surface area contributed by atoms with Crippen LogP contribution in [0.1, 0.15) is 32.8 Å². The first-order chi connectivity index (χ1) is 12.8. The van der Waals surface area contributed by atoms with E-state index in [4.69, 9.17) is 4.74 Å². The molecule has 1 heterocycles. The van der Waals surface area contributed by atoms with Gasteiger partial charge in [0.25, 0.3) is 0 Å². The van der Waals surface area contributed by atoms with Crippen LogP contribution in [0.2, 0.25) is 0 Å². The molecule has 1 aliphatic heterocycles. The molecule has 0 aliphatic carbocycles. The lowest BCUT2D eigenvalue weighted by atomic mass is 9.96. The number of nitroso groups, excluding NO2 is 2. The minimum absolute atomic E-state index is 0.00315. The monoisotopic (exact) mass is 375 g/mol. The van der Waals surface area contributed by atoms with Crippen molar-refractivity contribution in [2.45, 2.75) is 39.7 Å². The first-order valence-electron chi connectivity index (χ1n) is 8.66. The summed E-state index contributed by atoms with van der Waals surface area (Å²) >= 11 is 0. The molecule has 2 rings (SSSR count). The largest absolute Gasteiger partial charge is 0.464 e. The van der Waals surface area contributed by atoms with E-state index in [1.165, 1.54) is 18.2 Å². The molecule has 0 N–H and O–H groups in total. The van der Waals surface area contributed by atoms with Gasteiger partial charge in [-0.25, -0.2) is 4.79 Å². The Labute approximate surface area is 156 Å². The van der Waals surface area contributed by atoms with E-state index >= 15 is 0 Å². The van der Waals surface area contributed by atoms with Crippen molar-refractivity contribution in [3.63, 3.8) is 0 Å². The van der Waals surface area contributed by atoms with Crippen molar-refractivity contribution >= 4 is 29.2 Å². The second kappa shape index (κ2) is 8.61. The van der Waals surface area contributed by atoms with Crippen LogP contribution in [0, 0.1) is 21.6 Å². The molecule has 1 fully saturated rings. The van der Waals surface area contributed by atoms with Gasteiger partial charge in [0.1, 0.15) is 17.4 Å². The Morgan fingerprint density at radius 2 is 1.96 bits per heavy atom. The van der Waals surface area contributed by atoms with Gasteiger partial charge in [0.2, 0.25) is 11.8 Å². The van der Waals surface area contributed by atoms with Crippen molar-refractivity contribution in [2.75, 3.05) is 6.61 Å². The molecule has 2 unspecified atom stereocenters. The van der Waals surface area contributed by atoms with E-state index in [9.17, 15) is 24.2 Å². The van der Waals surface area contributed by atoms with Crippen molar-refractivity contribution in [1.29, 1.82) is 0 Å². The standard InChI is InChI=1S/C18H21N3O6/c1-4-27-18(24)16(10(2)3)21-15(22)8-12(17(21)23)7-11-5-6-13(19-25)9-14(11)20-26/h5-6,9-10,12,16H,4,7-8H2,1-3H3. The van der Waals surface area contributed by atoms with E-state index in [1.807, 2.05) is 0 Å². The van der Waals surface area contributed by atoms with Crippen LogP contribution in [0.15, 0.2) is 28.6 Å².